The summed E-state index contributed by atoms with van der Waals surface area (Å²) in [5, 5.41) is 14.9. The molecule has 3 N–H and O–H groups in total. The van der Waals surface area contributed by atoms with Crippen molar-refractivity contribution in [2.75, 3.05) is 5.32 Å². The molecule has 92 valence electrons. The molecule has 0 saturated heterocycles. The predicted molar refractivity (Wildman–Crippen MR) is 66.8 cm³/mol. The van der Waals surface area contributed by atoms with E-state index in [1.54, 1.807) is 12.1 Å². The SMILES string of the molecule is O=C(Nc1ccccc1CO)NC1CCCC1. The van der Waals surface area contributed by atoms with Crippen molar-refractivity contribution in [3.8, 4) is 0 Å². The summed E-state index contributed by atoms with van der Waals surface area (Å²) in [5.74, 6) is 0. The van der Waals surface area contributed by atoms with E-state index in [4.69, 9.17) is 5.11 Å². The number of urea groups is 1. The van der Waals surface area contributed by atoms with Crippen LogP contribution in [0, 0.1) is 0 Å². The van der Waals surface area contributed by atoms with E-state index in [1.165, 1.54) is 12.8 Å². The van der Waals surface area contributed by atoms with Crippen molar-refractivity contribution in [2.45, 2.75) is 38.3 Å². The lowest BCUT2D eigenvalue weighted by molar-refractivity contribution is 0.248. The molecule has 0 radical (unpaired) electrons. The lowest BCUT2D eigenvalue weighted by atomic mass is 10.2. The average Bonchev–Trinajstić information content (AvgIpc) is 2.82. The maximum Gasteiger partial charge on any atom is 0.319 e. The summed E-state index contributed by atoms with van der Waals surface area (Å²) in [6.07, 6.45) is 4.51. The van der Waals surface area contributed by atoms with Crippen molar-refractivity contribution in [1.82, 2.24) is 5.32 Å². The second-order valence-electron chi connectivity index (χ2n) is 4.40. The lowest BCUT2D eigenvalue weighted by Crippen LogP contribution is -2.36. The van der Waals surface area contributed by atoms with Gasteiger partial charge in [0.25, 0.3) is 0 Å². The number of aliphatic hydroxyl groups is 1. The van der Waals surface area contributed by atoms with Gasteiger partial charge >= 0.3 is 6.03 Å². The normalized spacial score (nSPS) is 15.8. The molecule has 1 aromatic carbocycles. The zero-order chi connectivity index (χ0) is 12.1. The van der Waals surface area contributed by atoms with Crippen LogP contribution in [0.1, 0.15) is 31.2 Å². The third-order valence-corrected chi connectivity index (χ3v) is 3.13. The van der Waals surface area contributed by atoms with Crippen LogP contribution in [0.3, 0.4) is 0 Å². The quantitative estimate of drug-likeness (QED) is 0.751. The Morgan fingerprint density at radius 3 is 2.71 bits per heavy atom. The second-order valence-corrected chi connectivity index (χ2v) is 4.40. The number of anilines is 1. The molecule has 1 fully saturated rings. The number of aliphatic hydroxyl groups excluding tert-OH is 1. The van der Waals surface area contributed by atoms with Gasteiger partial charge in [0, 0.05) is 17.3 Å². The van der Waals surface area contributed by atoms with E-state index in [2.05, 4.69) is 10.6 Å². The van der Waals surface area contributed by atoms with Gasteiger partial charge in [-0.2, -0.15) is 0 Å². The van der Waals surface area contributed by atoms with Crippen LogP contribution in [0.5, 0.6) is 0 Å². The molecule has 4 heteroatoms. The highest BCUT2D eigenvalue weighted by atomic mass is 16.3. The first kappa shape index (κ1) is 11.9. The number of para-hydroxylation sites is 1. The topological polar surface area (TPSA) is 61.4 Å². The summed E-state index contributed by atoms with van der Waals surface area (Å²) in [5.41, 5.74) is 1.40. The van der Waals surface area contributed by atoms with Crippen molar-refractivity contribution in [3.63, 3.8) is 0 Å². The molecule has 0 atom stereocenters. The van der Waals surface area contributed by atoms with Gasteiger partial charge in [0.05, 0.1) is 6.61 Å². The maximum atomic E-state index is 11.7. The Morgan fingerprint density at radius 1 is 1.29 bits per heavy atom. The predicted octanol–water partition coefficient (Wildman–Crippen LogP) is 2.24. The molecule has 4 nitrogen and oxygen atoms in total. The molecule has 1 aliphatic carbocycles. The fraction of sp³-hybridized carbons (Fsp3) is 0.462. The molecule has 0 bridgehead atoms. The van der Waals surface area contributed by atoms with E-state index < -0.39 is 0 Å². The molecule has 0 aromatic heterocycles. The van der Waals surface area contributed by atoms with Crippen molar-refractivity contribution in [1.29, 1.82) is 0 Å². The first-order chi connectivity index (χ1) is 8.29. The van der Waals surface area contributed by atoms with Crippen molar-refractivity contribution in [2.24, 2.45) is 0 Å². The highest BCUT2D eigenvalue weighted by Crippen LogP contribution is 2.18. The average molecular weight is 234 g/mol. The van der Waals surface area contributed by atoms with Crippen molar-refractivity contribution >= 4 is 11.7 Å². The van der Waals surface area contributed by atoms with Gasteiger partial charge in [-0.15, -0.1) is 0 Å². The van der Waals surface area contributed by atoms with Crippen LogP contribution in [0.4, 0.5) is 10.5 Å². The summed E-state index contributed by atoms with van der Waals surface area (Å²) < 4.78 is 0. The van der Waals surface area contributed by atoms with E-state index in [0.29, 0.717) is 11.7 Å². The first-order valence-electron chi connectivity index (χ1n) is 6.06. The zero-order valence-electron chi connectivity index (χ0n) is 9.78. The van der Waals surface area contributed by atoms with Crippen LogP contribution in [0.15, 0.2) is 24.3 Å². The fourth-order valence-electron chi connectivity index (χ4n) is 2.19. The number of hydrogen-bond donors (Lipinski definition) is 3. The molecule has 1 saturated carbocycles. The fourth-order valence-corrected chi connectivity index (χ4v) is 2.19. The summed E-state index contributed by atoms with van der Waals surface area (Å²) in [4.78, 5) is 11.7. The number of benzene rings is 1. The van der Waals surface area contributed by atoms with Gasteiger partial charge in [0.15, 0.2) is 0 Å². The van der Waals surface area contributed by atoms with Crippen molar-refractivity contribution in [3.05, 3.63) is 29.8 Å². The third-order valence-electron chi connectivity index (χ3n) is 3.13. The minimum absolute atomic E-state index is 0.0696. The standard InChI is InChI=1S/C13H18N2O2/c16-9-10-5-1-4-8-12(10)15-13(17)14-11-6-2-3-7-11/h1,4-5,8,11,16H,2-3,6-7,9H2,(H2,14,15,17). The molecule has 0 aliphatic heterocycles. The van der Waals surface area contributed by atoms with Crippen LogP contribution >= 0.6 is 0 Å². The molecule has 2 rings (SSSR count). The summed E-state index contributed by atoms with van der Waals surface area (Å²) >= 11 is 0. The number of carbonyl (C=O) groups excluding carboxylic acids is 1. The Hall–Kier alpha value is -1.55. The van der Waals surface area contributed by atoms with Crippen molar-refractivity contribution < 1.29 is 9.90 Å². The second kappa shape index (κ2) is 5.68. The summed E-state index contributed by atoms with van der Waals surface area (Å²) in [6, 6.07) is 7.38. The Balaban J connectivity index is 1.92. The zero-order valence-corrected chi connectivity index (χ0v) is 9.78. The maximum absolute atomic E-state index is 11.7. The third kappa shape index (κ3) is 3.20. The van der Waals surface area contributed by atoms with E-state index in [-0.39, 0.29) is 12.6 Å². The Labute approximate surface area is 101 Å². The molecular weight excluding hydrogens is 216 g/mol. The largest absolute Gasteiger partial charge is 0.392 e. The Morgan fingerprint density at radius 2 is 2.00 bits per heavy atom. The van der Waals surface area contributed by atoms with Gasteiger partial charge in [0.2, 0.25) is 0 Å². The minimum atomic E-state index is -0.183. The number of hydrogen-bond acceptors (Lipinski definition) is 2. The summed E-state index contributed by atoms with van der Waals surface area (Å²) in [6.45, 7) is -0.0696. The molecular formula is C13H18N2O2. The van der Waals surface area contributed by atoms with E-state index in [1.807, 2.05) is 12.1 Å². The van der Waals surface area contributed by atoms with Gasteiger partial charge in [-0.05, 0) is 18.9 Å². The number of amides is 2. The molecule has 17 heavy (non-hydrogen) atoms. The lowest BCUT2D eigenvalue weighted by Gasteiger charge is -2.14. The first-order valence-corrected chi connectivity index (χ1v) is 6.06. The van der Waals surface area contributed by atoms with E-state index in [9.17, 15) is 4.79 Å². The van der Waals surface area contributed by atoms with Crippen LogP contribution in [-0.2, 0) is 6.61 Å². The smallest absolute Gasteiger partial charge is 0.319 e. The van der Waals surface area contributed by atoms with Gasteiger partial charge in [-0.25, -0.2) is 4.79 Å². The van der Waals surface area contributed by atoms with Crippen LogP contribution in [0.2, 0.25) is 0 Å². The van der Waals surface area contributed by atoms with E-state index >= 15 is 0 Å². The molecule has 1 aliphatic rings. The summed E-state index contributed by atoms with van der Waals surface area (Å²) in [7, 11) is 0. The molecule has 0 spiro atoms. The van der Waals surface area contributed by atoms with Gasteiger partial charge in [-0.3, -0.25) is 0 Å². The highest BCUT2D eigenvalue weighted by Gasteiger charge is 2.17. The number of nitrogens with one attached hydrogen (secondary N) is 2. The van der Waals surface area contributed by atoms with Crippen LogP contribution < -0.4 is 10.6 Å². The Kier molecular flexibility index (Phi) is 3.98. The van der Waals surface area contributed by atoms with Gasteiger partial charge in [-0.1, -0.05) is 31.0 Å². The van der Waals surface area contributed by atoms with Crippen LogP contribution in [0.25, 0.3) is 0 Å². The monoisotopic (exact) mass is 234 g/mol. The molecule has 2 amide bonds. The molecule has 0 heterocycles. The van der Waals surface area contributed by atoms with Gasteiger partial charge in [0.1, 0.15) is 0 Å². The highest BCUT2D eigenvalue weighted by molar-refractivity contribution is 5.90. The van der Waals surface area contributed by atoms with E-state index in [0.717, 1.165) is 18.4 Å². The number of rotatable bonds is 3. The molecule has 1 aromatic rings. The molecule has 0 unspecified atom stereocenters. The number of carbonyl (C=O) groups is 1. The van der Waals surface area contributed by atoms with Crippen LogP contribution in [-0.4, -0.2) is 17.2 Å². The minimum Gasteiger partial charge on any atom is -0.392 e. The van der Waals surface area contributed by atoms with Gasteiger partial charge < -0.3 is 15.7 Å². The Bertz CT molecular complexity index is 387.